The van der Waals surface area contributed by atoms with Gasteiger partial charge in [-0.05, 0) is 55.8 Å². The summed E-state index contributed by atoms with van der Waals surface area (Å²) in [7, 11) is -2.55. The predicted octanol–water partition coefficient (Wildman–Crippen LogP) is 4.39. The van der Waals surface area contributed by atoms with Crippen molar-refractivity contribution in [2.75, 3.05) is 18.0 Å². The first kappa shape index (κ1) is 24.3. The fraction of sp³-hybridized carbons (Fsp3) is 0.167. The van der Waals surface area contributed by atoms with Gasteiger partial charge in [0, 0.05) is 11.1 Å². The molecule has 0 aliphatic carbocycles. The zero-order valence-corrected chi connectivity index (χ0v) is 20.0. The molecular weight excluding hydrogens is 462 g/mol. The summed E-state index contributed by atoms with van der Waals surface area (Å²) in [5.41, 5.74) is 4.98. The summed E-state index contributed by atoms with van der Waals surface area (Å²) in [6.07, 6.45) is 0. The molecule has 0 atom stereocenters. The highest BCUT2D eigenvalue weighted by molar-refractivity contribution is 7.92. The minimum absolute atomic E-state index is 0.0737. The number of nitrogens with zero attached hydrogens (tertiary/aromatic N) is 2. The van der Waals surface area contributed by atoms with Gasteiger partial charge in [0.15, 0.2) is 0 Å². The van der Waals surface area contributed by atoms with Crippen LogP contribution in [0.3, 0.4) is 0 Å². The molecule has 9 heteroatoms. The van der Waals surface area contributed by atoms with Crippen LogP contribution in [0.15, 0.2) is 82.8 Å². The molecule has 1 N–H and O–H groups in total. The second-order valence-electron chi connectivity index (χ2n) is 7.27. The molecule has 3 aromatic carbocycles. The van der Waals surface area contributed by atoms with Crippen LogP contribution in [0.5, 0.6) is 5.75 Å². The van der Waals surface area contributed by atoms with E-state index in [4.69, 9.17) is 16.3 Å². The van der Waals surface area contributed by atoms with Gasteiger partial charge < -0.3 is 4.74 Å². The molecule has 172 valence electrons. The number of amides is 1. The second-order valence-corrected chi connectivity index (χ2v) is 9.56. The van der Waals surface area contributed by atoms with E-state index in [2.05, 4.69) is 10.5 Å². The molecule has 0 saturated heterocycles. The largest absolute Gasteiger partial charge is 0.497 e. The smallest absolute Gasteiger partial charge is 0.264 e. The molecule has 0 fully saturated rings. The Kier molecular flexibility index (Phi) is 7.73. The van der Waals surface area contributed by atoms with E-state index >= 15 is 0 Å². The lowest BCUT2D eigenvalue weighted by molar-refractivity contribution is -0.119. The third-order valence-corrected chi connectivity index (χ3v) is 6.89. The van der Waals surface area contributed by atoms with Crippen LogP contribution in [0.4, 0.5) is 5.69 Å². The number of hydrogen-bond donors (Lipinski definition) is 1. The molecule has 0 radical (unpaired) electrons. The Bertz CT molecular complexity index is 1260. The number of methoxy groups -OCH3 is 1. The average Bonchev–Trinajstić information content (AvgIpc) is 2.81. The van der Waals surface area contributed by atoms with Crippen molar-refractivity contribution in [3.05, 3.63) is 88.9 Å². The number of ether oxygens (including phenoxy) is 1. The van der Waals surface area contributed by atoms with E-state index in [0.717, 1.165) is 15.4 Å². The quantitative estimate of drug-likeness (QED) is 0.378. The summed E-state index contributed by atoms with van der Waals surface area (Å²) in [4.78, 5) is 12.8. The first-order chi connectivity index (χ1) is 15.7. The van der Waals surface area contributed by atoms with Gasteiger partial charge in [0.2, 0.25) is 0 Å². The molecule has 33 heavy (non-hydrogen) atoms. The lowest BCUT2D eigenvalue weighted by Crippen LogP contribution is -2.39. The van der Waals surface area contributed by atoms with Crippen molar-refractivity contribution in [2.24, 2.45) is 5.10 Å². The molecule has 7 nitrogen and oxygen atoms in total. The Morgan fingerprint density at radius 2 is 1.73 bits per heavy atom. The summed E-state index contributed by atoms with van der Waals surface area (Å²) in [5, 5.41) is 4.69. The van der Waals surface area contributed by atoms with E-state index in [1.165, 1.54) is 19.2 Å². The van der Waals surface area contributed by atoms with E-state index in [1.54, 1.807) is 67.6 Å². The fourth-order valence-corrected chi connectivity index (χ4v) is 4.52. The molecule has 3 aromatic rings. The van der Waals surface area contributed by atoms with Gasteiger partial charge in [-0.3, -0.25) is 9.10 Å². The molecule has 3 rings (SSSR count). The molecule has 0 bridgehead atoms. The van der Waals surface area contributed by atoms with E-state index < -0.39 is 22.5 Å². The summed E-state index contributed by atoms with van der Waals surface area (Å²) < 4.78 is 33.1. The summed E-state index contributed by atoms with van der Waals surface area (Å²) >= 11 is 5.90. The minimum atomic E-state index is -4.03. The minimum Gasteiger partial charge on any atom is -0.497 e. The van der Waals surface area contributed by atoms with Gasteiger partial charge in [0.25, 0.3) is 15.9 Å². The van der Waals surface area contributed by atoms with Crippen molar-refractivity contribution < 1.29 is 17.9 Å². The Morgan fingerprint density at radius 1 is 1.06 bits per heavy atom. The Labute approximate surface area is 198 Å². The van der Waals surface area contributed by atoms with Crippen LogP contribution in [-0.2, 0) is 14.8 Å². The van der Waals surface area contributed by atoms with Gasteiger partial charge in [0.05, 0.1) is 23.4 Å². The van der Waals surface area contributed by atoms with Crippen LogP contribution in [0.25, 0.3) is 0 Å². The number of anilines is 1. The average molecular weight is 486 g/mol. The summed E-state index contributed by atoms with van der Waals surface area (Å²) in [5.74, 6) is -0.129. The van der Waals surface area contributed by atoms with Crippen LogP contribution in [0, 0.1) is 6.92 Å². The SMILES string of the molecule is COc1cccc(N(CC(=O)N/N=C(/C)c2ccc(Cl)cc2)S(=O)(=O)c2ccc(C)cc2)c1. The maximum atomic E-state index is 13.4. The maximum Gasteiger partial charge on any atom is 0.264 e. The number of hydrogen-bond acceptors (Lipinski definition) is 5. The zero-order chi connectivity index (χ0) is 24.0. The number of carbonyl (C=O) groups is 1. The van der Waals surface area contributed by atoms with Crippen molar-refractivity contribution in [1.29, 1.82) is 0 Å². The number of halogens is 1. The summed E-state index contributed by atoms with van der Waals surface area (Å²) in [6, 6.07) is 19.9. The van der Waals surface area contributed by atoms with Crippen molar-refractivity contribution in [3.8, 4) is 5.75 Å². The predicted molar refractivity (Wildman–Crippen MR) is 131 cm³/mol. The van der Waals surface area contributed by atoms with Crippen molar-refractivity contribution >= 4 is 38.9 Å². The first-order valence-corrected chi connectivity index (χ1v) is 11.8. The molecule has 1 amide bonds. The van der Waals surface area contributed by atoms with E-state index in [9.17, 15) is 13.2 Å². The lowest BCUT2D eigenvalue weighted by atomic mass is 10.1. The van der Waals surface area contributed by atoms with Gasteiger partial charge in [-0.15, -0.1) is 0 Å². The van der Waals surface area contributed by atoms with Crippen LogP contribution < -0.4 is 14.5 Å². The number of carbonyl (C=O) groups excluding carboxylic acids is 1. The van der Waals surface area contributed by atoms with E-state index in [-0.39, 0.29) is 4.90 Å². The third kappa shape index (κ3) is 6.12. The Hall–Kier alpha value is -3.36. The van der Waals surface area contributed by atoms with Crippen molar-refractivity contribution in [3.63, 3.8) is 0 Å². The topological polar surface area (TPSA) is 88.1 Å². The highest BCUT2D eigenvalue weighted by Crippen LogP contribution is 2.27. The number of hydrazone groups is 1. The molecule has 0 heterocycles. The van der Waals surface area contributed by atoms with E-state index in [1.807, 2.05) is 6.92 Å². The highest BCUT2D eigenvalue weighted by Gasteiger charge is 2.27. The molecule has 0 aromatic heterocycles. The lowest BCUT2D eigenvalue weighted by Gasteiger charge is -2.24. The zero-order valence-electron chi connectivity index (χ0n) is 18.4. The van der Waals surface area contributed by atoms with Crippen molar-refractivity contribution in [1.82, 2.24) is 5.43 Å². The standard InChI is InChI=1S/C24H24ClN3O4S/c1-17-7-13-23(14-8-17)33(30,31)28(21-5-4-6-22(15-21)32-3)16-24(29)27-26-18(2)19-9-11-20(25)12-10-19/h4-15H,16H2,1-3H3,(H,27,29)/b26-18-. The highest BCUT2D eigenvalue weighted by atomic mass is 35.5. The summed E-state index contributed by atoms with van der Waals surface area (Å²) in [6.45, 7) is 3.12. The third-order valence-electron chi connectivity index (χ3n) is 4.85. The van der Waals surface area contributed by atoms with Gasteiger partial charge in [0.1, 0.15) is 12.3 Å². The second kappa shape index (κ2) is 10.5. The van der Waals surface area contributed by atoms with Crippen LogP contribution in [-0.4, -0.2) is 33.7 Å². The molecule has 0 saturated carbocycles. The number of rotatable bonds is 8. The fourth-order valence-electron chi connectivity index (χ4n) is 2.99. The number of nitrogens with one attached hydrogen (secondary N) is 1. The molecular formula is C24H24ClN3O4S. The van der Waals surface area contributed by atoms with Crippen molar-refractivity contribution in [2.45, 2.75) is 18.7 Å². The van der Waals surface area contributed by atoms with E-state index in [0.29, 0.717) is 22.2 Å². The van der Waals surface area contributed by atoms with Gasteiger partial charge in [-0.1, -0.05) is 47.5 Å². The first-order valence-electron chi connectivity index (χ1n) is 10.0. The van der Waals surface area contributed by atoms with Crippen LogP contribution in [0.2, 0.25) is 5.02 Å². The normalized spacial score (nSPS) is 11.7. The molecule has 0 spiro atoms. The number of aryl methyl sites for hydroxylation is 1. The maximum absolute atomic E-state index is 13.4. The van der Waals surface area contributed by atoms with Gasteiger partial charge in [-0.2, -0.15) is 5.10 Å². The Morgan fingerprint density at radius 3 is 2.36 bits per heavy atom. The van der Waals surface area contributed by atoms with Gasteiger partial charge in [-0.25, -0.2) is 13.8 Å². The van der Waals surface area contributed by atoms with Gasteiger partial charge >= 0.3 is 0 Å². The number of sulfonamides is 1. The molecule has 0 aliphatic rings. The molecule has 0 unspecified atom stereocenters. The molecule has 0 aliphatic heterocycles. The van der Waals surface area contributed by atoms with Crippen LogP contribution in [0.1, 0.15) is 18.1 Å². The number of benzene rings is 3. The Balaban J connectivity index is 1.89. The monoisotopic (exact) mass is 485 g/mol. The van der Waals surface area contributed by atoms with Crippen LogP contribution >= 0.6 is 11.6 Å².